The van der Waals surface area contributed by atoms with Crippen LogP contribution in [0.15, 0.2) is 54.6 Å². The second-order valence-electron chi connectivity index (χ2n) is 5.05. The molecule has 0 radical (unpaired) electrons. The van der Waals surface area contributed by atoms with Crippen molar-refractivity contribution in [2.24, 2.45) is 0 Å². The molecule has 2 N–H and O–H groups in total. The molecule has 7 heteroatoms. The SMILES string of the molecule is COc1ccccc1NC(NC(=O)Cc1ccccc1)C(Cl)(Cl)Cl. The highest BCUT2D eigenvalue weighted by Crippen LogP contribution is 2.33. The number of benzene rings is 2. The summed E-state index contributed by atoms with van der Waals surface area (Å²) in [5.41, 5.74) is 1.48. The van der Waals surface area contributed by atoms with Crippen LogP contribution in [0.4, 0.5) is 5.69 Å². The molecule has 24 heavy (non-hydrogen) atoms. The number of anilines is 1. The molecule has 0 bridgehead atoms. The second kappa shape index (κ2) is 8.47. The molecular weight excluding hydrogens is 371 g/mol. The third kappa shape index (κ3) is 5.48. The molecule has 0 aliphatic heterocycles. The van der Waals surface area contributed by atoms with E-state index in [1.165, 1.54) is 0 Å². The molecule has 0 aliphatic carbocycles. The highest BCUT2D eigenvalue weighted by atomic mass is 35.6. The Bertz CT molecular complexity index is 675. The number of carbonyl (C=O) groups excluding carboxylic acids is 1. The molecule has 0 aromatic heterocycles. The Morgan fingerprint density at radius 2 is 1.71 bits per heavy atom. The highest BCUT2D eigenvalue weighted by molar-refractivity contribution is 6.68. The quantitative estimate of drug-likeness (QED) is 0.578. The summed E-state index contributed by atoms with van der Waals surface area (Å²) < 4.78 is 3.51. The normalized spacial score (nSPS) is 12.3. The van der Waals surface area contributed by atoms with E-state index in [-0.39, 0.29) is 12.3 Å². The standard InChI is InChI=1S/C17H17Cl3N2O2/c1-24-14-10-6-5-9-13(14)21-16(17(18,19)20)22-15(23)11-12-7-3-2-4-8-12/h2-10,16,21H,11H2,1H3,(H,22,23). The van der Waals surface area contributed by atoms with Gasteiger partial charge in [0.2, 0.25) is 9.70 Å². The number of amides is 1. The van der Waals surface area contributed by atoms with Gasteiger partial charge in [0.15, 0.2) is 0 Å². The minimum atomic E-state index is -1.74. The average Bonchev–Trinajstić information content (AvgIpc) is 2.54. The van der Waals surface area contributed by atoms with Crippen molar-refractivity contribution in [3.63, 3.8) is 0 Å². The molecule has 128 valence electrons. The summed E-state index contributed by atoms with van der Waals surface area (Å²) in [5.74, 6) is 0.314. The zero-order valence-electron chi connectivity index (χ0n) is 12.9. The van der Waals surface area contributed by atoms with E-state index in [0.717, 1.165) is 5.56 Å². The monoisotopic (exact) mass is 386 g/mol. The van der Waals surface area contributed by atoms with Crippen LogP contribution in [0.3, 0.4) is 0 Å². The molecule has 1 unspecified atom stereocenters. The van der Waals surface area contributed by atoms with E-state index in [4.69, 9.17) is 39.5 Å². The fourth-order valence-corrected chi connectivity index (χ4v) is 2.44. The molecule has 0 heterocycles. The van der Waals surface area contributed by atoms with Gasteiger partial charge in [-0.1, -0.05) is 77.3 Å². The minimum Gasteiger partial charge on any atom is -0.495 e. The summed E-state index contributed by atoms with van der Waals surface area (Å²) in [7, 11) is 1.54. The van der Waals surface area contributed by atoms with Gasteiger partial charge in [-0.15, -0.1) is 0 Å². The fraction of sp³-hybridized carbons (Fsp3) is 0.235. The average molecular weight is 388 g/mol. The number of rotatable bonds is 6. The van der Waals surface area contributed by atoms with Gasteiger partial charge in [-0.25, -0.2) is 0 Å². The number of halogens is 3. The Morgan fingerprint density at radius 3 is 2.33 bits per heavy atom. The van der Waals surface area contributed by atoms with Crippen LogP contribution < -0.4 is 15.4 Å². The first-order valence-corrected chi connectivity index (χ1v) is 8.33. The Labute approximate surface area is 156 Å². The molecule has 0 aliphatic rings. The van der Waals surface area contributed by atoms with E-state index in [9.17, 15) is 4.79 Å². The van der Waals surface area contributed by atoms with Crippen LogP contribution in [0.5, 0.6) is 5.75 Å². The van der Waals surface area contributed by atoms with Crippen molar-refractivity contribution in [2.45, 2.75) is 16.4 Å². The first kappa shape index (κ1) is 18.7. The van der Waals surface area contributed by atoms with Crippen molar-refractivity contribution >= 4 is 46.4 Å². The van der Waals surface area contributed by atoms with Crippen molar-refractivity contribution in [1.29, 1.82) is 0 Å². The maximum atomic E-state index is 12.3. The van der Waals surface area contributed by atoms with Gasteiger partial charge in [0, 0.05) is 0 Å². The van der Waals surface area contributed by atoms with Crippen molar-refractivity contribution < 1.29 is 9.53 Å². The summed E-state index contributed by atoms with van der Waals surface area (Å²) in [4.78, 5) is 12.3. The van der Waals surface area contributed by atoms with Crippen LogP contribution in [0.1, 0.15) is 5.56 Å². The second-order valence-corrected chi connectivity index (χ2v) is 7.42. The number of carbonyl (C=O) groups is 1. The topological polar surface area (TPSA) is 50.4 Å². The Hall–Kier alpha value is -1.62. The maximum Gasteiger partial charge on any atom is 0.228 e. The minimum absolute atomic E-state index is 0.186. The first-order valence-electron chi connectivity index (χ1n) is 7.19. The molecule has 2 rings (SSSR count). The lowest BCUT2D eigenvalue weighted by atomic mass is 10.1. The molecule has 1 atom stereocenters. The highest BCUT2D eigenvalue weighted by Gasteiger charge is 2.34. The molecule has 2 aromatic rings. The van der Waals surface area contributed by atoms with Gasteiger partial charge in [0.25, 0.3) is 0 Å². The van der Waals surface area contributed by atoms with E-state index in [1.807, 2.05) is 42.5 Å². The largest absolute Gasteiger partial charge is 0.495 e. The maximum absolute atomic E-state index is 12.3. The molecule has 0 saturated carbocycles. The summed E-state index contributed by atoms with van der Waals surface area (Å²) in [6.45, 7) is 0. The van der Waals surface area contributed by atoms with Crippen LogP contribution >= 0.6 is 34.8 Å². The van der Waals surface area contributed by atoms with E-state index >= 15 is 0 Å². The van der Waals surface area contributed by atoms with Crippen molar-refractivity contribution in [3.05, 3.63) is 60.2 Å². The van der Waals surface area contributed by atoms with Gasteiger partial charge < -0.3 is 15.4 Å². The van der Waals surface area contributed by atoms with Crippen LogP contribution in [0.2, 0.25) is 0 Å². The van der Waals surface area contributed by atoms with Crippen molar-refractivity contribution in [3.8, 4) is 5.75 Å². The summed E-state index contributed by atoms with van der Waals surface area (Å²) in [5, 5.41) is 5.71. The van der Waals surface area contributed by atoms with E-state index in [1.54, 1.807) is 19.2 Å². The molecule has 2 aromatic carbocycles. The number of methoxy groups -OCH3 is 1. The van der Waals surface area contributed by atoms with Crippen LogP contribution in [0.25, 0.3) is 0 Å². The van der Waals surface area contributed by atoms with Crippen molar-refractivity contribution in [2.75, 3.05) is 12.4 Å². The first-order chi connectivity index (χ1) is 11.4. The lowest BCUT2D eigenvalue weighted by Gasteiger charge is -2.28. The zero-order valence-corrected chi connectivity index (χ0v) is 15.2. The van der Waals surface area contributed by atoms with Gasteiger partial charge in [-0.2, -0.15) is 0 Å². The smallest absolute Gasteiger partial charge is 0.228 e. The number of alkyl halides is 3. The zero-order chi connectivity index (χ0) is 17.6. The molecule has 0 fully saturated rings. The van der Waals surface area contributed by atoms with Gasteiger partial charge >= 0.3 is 0 Å². The Kier molecular flexibility index (Phi) is 6.60. The number of ether oxygens (including phenoxy) is 1. The molecule has 0 saturated heterocycles. The summed E-state index contributed by atoms with van der Waals surface area (Å²) in [6.07, 6.45) is -0.735. The number of hydrogen-bond donors (Lipinski definition) is 2. The molecule has 1 amide bonds. The molecule has 4 nitrogen and oxygen atoms in total. The van der Waals surface area contributed by atoms with Gasteiger partial charge in [0.05, 0.1) is 19.2 Å². The van der Waals surface area contributed by atoms with Crippen LogP contribution in [-0.4, -0.2) is 23.0 Å². The predicted molar refractivity (Wildman–Crippen MR) is 99.0 cm³/mol. The van der Waals surface area contributed by atoms with Gasteiger partial charge in [-0.05, 0) is 17.7 Å². The number of para-hydroxylation sites is 2. The van der Waals surface area contributed by atoms with E-state index in [2.05, 4.69) is 10.6 Å². The van der Waals surface area contributed by atoms with E-state index in [0.29, 0.717) is 11.4 Å². The Morgan fingerprint density at radius 1 is 1.08 bits per heavy atom. The fourth-order valence-electron chi connectivity index (χ4n) is 2.11. The Balaban J connectivity index is 2.10. The lowest BCUT2D eigenvalue weighted by molar-refractivity contribution is -0.120. The van der Waals surface area contributed by atoms with Gasteiger partial charge in [0.1, 0.15) is 11.9 Å². The number of nitrogens with one attached hydrogen (secondary N) is 2. The van der Waals surface area contributed by atoms with Crippen molar-refractivity contribution in [1.82, 2.24) is 5.32 Å². The number of hydrogen-bond acceptors (Lipinski definition) is 3. The molecule has 0 spiro atoms. The van der Waals surface area contributed by atoms with Gasteiger partial charge in [-0.3, -0.25) is 4.79 Å². The molecular formula is C17H17Cl3N2O2. The van der Waals surface area contributed by atoms with Crippen LogP contribution in [-0.2, 0) is 11.2 Å². The van der Waals surface area contributed by atoms with Crippen LogP contribution in [0, 0.1) is 0 Å². The predicted octanol–water partition coefficient (Wildman–Crippen LogP) is 4.16. The summed E-state index contributed by atoms with van der Waals surface area (Å²) >= 11 is 18.0. The third-order valence-corrected chi connectivity index (χ3v) is 3.90. The summed E-state index contributed by atoms with van der Waals surface area (Å²) in [6, 6.07) is 16.5. The third-order valence-electron chi connectivity index (χ3n) is 3.25. The lowest BCUT2D eigenvalue weighted by Crippen LogP contribution is -2.49. The van der Waals surface area contributed by atoms with E-state index < -0.39 is 9.96 Å².